The molecule has 0 bridgehead atoms. The maximum absolute atomic E-state index is 6.08. The molecular formula is C16H20ClN3. The molecule has 0 aliphatic carbocycles. The van der Waals surface area contributed by atoms with E-state index >= 15 is 0 Å². The van der Waals surface area contributed by atoms with Gasteiger partial charge in [0, 0.05) is 30.9 Å². The summed E-state index contributed by atoms with van der Waals surface area (Å²) in [6, 6.07) is 10.4. The number of hydrogen-bond donors (Lipinski definition) is 0. The Bertz CT molecular complexity index is 579. The fraction of sp³-hybridized carbons (Fsp3) is 0.438. The van der Waals surface area contributed by atoms with E-state index in [9.17, 15) is 0 Å². The predicted octanol–water partition coefficient (Wildman–Crippen LogP) is 3.55. The highest BCUT2D eigenvalue weighted by atomic mass is 35.5. The largest absolute Gasteiger partial charge is 0.297 e. The molecule has 0 saturated carbocycles. The molecular weight excluding hydrogens is 270 g/mol. The van der Waals surface area contributed by atoms with Gasteiger partial charge >= 0.3 is 0 Å². The van der Waals surface area contributed by atoms with Crippen LogP contribution in [0.15, 0.2) is 36.5 Å². The van der Waals surface area contributed by atoms with Gasteiger partial charge in [-0.05, 0) is 49.6 Å². The fourth-order valence-corrected chi connectivity index (χ4v) is 3.10. The topological polar surface area (TPSA) is 21.1 Å². The number of halogens is 1. The molecule has 3 nitrogen and oxygen atoms in total. The summed E-state index contributed by atoms with van der Waals surface area (Å²) in [5.74, 6) is 0.599. The van der Waals surface area contributed by atoms with Gasteiger partial charge in [0.25, 0.3) is 0 Å². The summed E-state index contributed by atoms with van der Waals surface area (Å²) >= 11 is 6.08. The quantitative estimate of drug-likeness (QED) is 0.858. The minimum absolute atomic E-state index is 0.599. The second kappa shape index (κ2) is 5.98. The Hall–Kier alpha value is -1.32. The van der Waals surface area contributed by atoms with E-state index in [2.05, 4.69) is 41.3 Å². The lowest BCUT2D eigenvalue weighted by atomic mass is 9.99. The Balaban J connectivity index is 1.62. The van der Waals surface area contributed by atoms with Gasteiger partial charge in [-0.25, -0.2) is 0 Å². The van der Waals surface area contributed by atoms with Gasteiger partial charge in [0.1, 0.15) is 0 Å². The van der Waals surface area contributed by atoms with Gasteiger partial charge in [-0.1, -0.05) is 23.7 Å². The molecule has 1 fully saturated rings. The third kappa shape index (κ3) is 3.05. The van der Waals surface area contributed by atoms with E-state index in [4.69, 9.17) is 11.6 Å². The van der Waals surface area contributed by atoms with Gasteiger partial charge in [-0.15, -0.1) is 0 Å². The van der Waals surface area contributed by atoms with Crippen LogP contribution in [-0.2, 0) is 13.1 Å². The van der Waals surface area contributed by atoms with E-state index in [1.807, 2.05) is 16.8 Å². The predicted molar refractivity (Wildman–Crippen MR) is 82.0 cm³/mol. The number of benzene rings is 1. The van der Waals surface area contributed by atoms with E-state index in [0.29, 0.717) is 5.92 Å². The highest BCUT2D eigenvalue weighted by molar-refractivity contribution is 6.30. The van der Waals surface area contributed by atoms with Crippen molar-refractivity contribution >= 4 is 11.6 Å². The Labute approximate surface area is 125 Å². The summed E-state index contributed by atoms with van der Waals surface area (Å²) in [7, 11) is 0. The molecule has 1 atom stereocenters. The smallest absolute Gasteiger partial charge is 0.0764 e. The Morgan fingerprint density at radius 1 is 1.35 bits per heavy atom. The van der Waals surface area contributed by atoms with E-state index in [-0.39, 0.29) is 0 Å². The van der Waals surface area contributed by atoms with Gasteiger partial charge in [0.2, 0.25) is 0 Å². The van der Waals surface area contributed by atoms with Crippen LogP contribution in [0.3, 0.4) is 0 Å². The summed E-state index contributed by atoms with van der Waals surface area (Å²) in [5.41, 5.74) is 2.53. The van der Waals surface area contributed by atoms with Gasteiger partial charge in [0.15, 0.2) is 0 Å². The van der Waals surface area contributed by atoms with Crippen molar-refractivity contribution in [3.8, 4) is 0 Å². The summed E-state index contributed by atoms with van der Waals surface area (Å²) in [6.07, 6.45) is 3.26. The summed E-state index contributed by atoms with van der Waals surface area (Å²) in [4.78, 5) is 2.48. The maximum Gasteiger partial charge on any atom is 0.0764 e. The highest BCUT2D eigenvalue weighted by Gasteiger charge is 2.24. The molecule has 0 unspecified atom stereocenters. The van der Waals surface area contributed by atoms with Gasteiger partial charge in [-0.3, -0.25) is 9.58 Å². The van der Waals surface area contributed by atoms with E-state index in [1.54, 1.807) is 0 Å². The third-order valence-electron chi connectivity index (χ3n) is 4.00. The molecule has 4 heteroatoms. The van der Waals surface area contributed by atoms with Crippen molar-refractivity contribution in [3.63, 3.8) is 0 Å². The zero-order chi connectivity index (χ0) is 13.9. The molecule has 1 aromatic carbocycles. The zero-order valence-corrected chi connectivity index (χ0v) is 12.6. The molecule has 2 aromatic rings. The second-order valence-corrected chi connectivity index (χ2v) is 5.87. The van der Waals surface area contributed by atoms with Crippen molar-refractivity contribution in [2.45, 2.75) is 32.4 Å². The molecule has 1 aliphatic rings. The molecule has 0 amide bonds. The van der Waals surface area contributed by atoms with Crippen LogP contribution in [0.1, 0.15) is 30.5 Å². The van der Waals surface area contributed by atoms with Gasteiger partial charge in [-0.2, -0.15) is 5.10 Å². The Kier molecular flexibility index (Phi) is 4.08. The number of aryl methyl sites for hydroxylation is 1. The normalized spacial score (nSPS) is 19.6. The number of likely N-dealkylation sites (tertiary alicyclic amines) is 1. The van der Waals surface area contributed by atoms with Crippen LogP contribution in [-0.4, -0.2) is 27.8 Å². The van der Waals surface area contributed by atoms with Crippen molar-refractivity contribution in [1.29, 1.82) is 0 Å². The first kappa shape index (κ1) is 13.7. The van der Waals surface area contributed by atoms with Crippen molar-refractivity contribution in [1.82, 2.24) is 14.7 Å². The Morgan fingerprint density at radius 2 is 2.25 bits per heavy atom. The number of nitrogens with zero attached hydrogens (tertiary/aromatic N) is 3. The second-order valence-electron chi connectivity index (χ2n) is 5.44. The average Bonchev–Trinajstić information content (AvgIpc) is 3.08. The van der Waals surface area contributed by atoms with Crippen molar-refractivity contribution in [2.24, 2.45) is 0 Å². The first-order valence-corrected chi connectivity index (χ1v) is 7.62. The molecule has 20 heavy (non-hydrogen) atoms. The lowest BCUT2D eigenvalue weighted by Gasteiger charge is -2.15. The van der Waals surface area contributed by atoms with E-state index < -0.39 is 0 Å². The molecule has 1 saturated heterocycles. The molecule has 1 aliphatic heterocycles. The van der Waals surface area contributed by atoms with Gasteiger partial charge < -0.3 is 0 Å². The average molecular weight is 290 g/mol. The van der Waals surface area contributed by atoms with Crippen molar-refractivity contribution in [2.75, 3.05) is 13.1 Å². The van der Waals surface area contributed by atoms with Crippen LogP contribution < -0.4 is 0 Å². The first-order valence-electron chi connectivity index (χ1n) is 7.24. The summed E-state index contributed by atoms with van der Waals surface area (Å²) in [5, 5.41) is 5.39. The van der Waals surface area contributed by atoms with Gasteiger partial charge in [0.05, 0.1) is 5.69 Å². The minimum atomic E-state index is 0.599. The summed E-state index contributed by atoms with van der Waals surface area (Å²) in [6.45, 7) is 6.23. The van der Waals surface area contributed by atoms with Crippen LogP contribution in [0.2, 0.25) is 5.02 Å². The molecule has 2 heterocycles. The summed E-state index contributed by atoms with van der Waals surface area (Å²) < 4.78 is 1.99. The molecule has 0 spiro atoms. The number of hydrogen-bond acceptors (Lipinski definition) is 2. The van der Waals surface area contributed by atoms with Crippen LogP contribution >= 0.6 is 11.6 Å². The lowest BCUT2D eigenvalue weighted by Crippen LogP contribution is -2.20. The van der Waals surface area contributed by atoms with Crippen molar-refractivity contribution in [3.05, 3.63) is 52.8 Å². The van der Waals surface area contributed by atoms with Crippen LogP contribution in [0.4, 0.5) is 0 Å². The fourth-order valence-electron chi connectivity index (χ4n) is 2.90. The zero-order valence-electron chi connectivity index (χ0n) is 11.8. The lowest BCUT2D eigenvalue weighted by molar-refractivity contribution is 0.321. The van der Waals surface area contributed by atoms with Crippen LogP contribution in [0.25, 0.3) is 0 Å². The third-order valence-corrected chi connectivity index (χ3v) is 4.23. The standard InChI is InChI=1S/C16H20ClN3/c1-2-20-9-7-16(18-20)12-19-8-6-14(11-19)13-4-3-5-15(17)10-13/h3-5,7,9-10,14H,2,6,8,11-12H2,1H3/t14-/m1/s1. The van der Waals surface area contributed by atoms with Crippen LogP contribution in [0, 0.1) is 0 Å². The monoisotopic (exact) mass is 289 g/mol. The molecule has 1 aromatic heterocycles. The number of aromatic nitrogens is 2. The molecule has 106 valence electrons. The van der Waals surface area contributed by atoms with Crippen LogP contribution in [0.5, 0.6) is 0 Å². The van der Waals surface area contributed by atoms with Crippen molar-refractivity contribution < 1.29 is 0 Å². The highest BCUT2D eigenvalue weighted by Crippen LogP contribution is 2.29. The Morgan fingerprint density at radius 3 is 3.00 bits per heavy atom. The SMILES string of the molecule is CCn1ccc(CN2CC[C@@H](c3cccc(Cl)c3)C2)n1. The molecule has 0 radical (unpaired) electrons. The van der Waals surface area contributed by atoms with E-state index in [0.717, 1.165) is 31.2 Å². The first-order chi connectivity index (χ1) is 9.74. The van der Waals surface area contributed by atoms with E-state index in [1.165, 1.54) is 17.7 Å². The minimum Gasteiger partial charge on any atom is -0.297 e. The molecule has 3 rings (SSSR count). The maximum atomic E-state index is 6.08. The molecule has 0 N–H and O–H groups in total. The number of rotatable bonds is 4.